The second-order valence-corrected chi connectivity index (χ2v) is 6.46. The smallest absolute Gasteiger partial charge is 0.309 e. The number of aromatic nitrogens is 1. The molecule has 4 N–H and O–H groups in total. The van der Waals surface area contributed by atoms with Crippen LogP contribution >= 0.6 is 0 Å². The topological polar surface area (TPSA) is 94.5 Å². The van der Waals surface area contributed by atoms with Gasteiger partial charge in [-0.2, -0.15) is 0 Å². The van der Waals surface area contributed by atoms with Gasteiger partial charge in [-0.3, -0.25) is 9.78 Å². The molecule has 0 radical (unpaired) electrons. The highest BCUT2D eigenvalue weighted by Crippen LogP contribution is 2.32. The van der Waals surface area contributed by atoms with E-state index in [9.17, 15) is 4.79 Å². The van der Waals surface area contributed by atoms with Crippen molar-refractivity contribution >= 4 is 23.0 Å². The highest BCUT2D eigenvalue weighted by atomic mass is 16.6. The first-order valence-electron chi connectivity index (χ1n) is 7.24. The molecule has 0 amide bonds. The molecule has 0 bridgehead atoms. The quantitative estimate of drug-likeness (QED) is 0.807. The summed E-state index contributed by atoms with van der Waals surface area (Å²) in [4.78, 5) is 18.2. The Hall–Kier alpha value is -1.98. The standard InChI is InChI=1S/C15H24N4O2/c1-15(2,3)21-14(20)10-4-6-19(7-5-10)13-11(16)8-18-9-12(13)17/h8-10H,4-7,16-17H2,1-3H3. The van der Waals surface area contributed by atoms with E-state index in [1.165, 1.54) is 0 Å². The van der Waals surface area contributed by atoms with Gasteiger partial charge in [-0.1, -0.05) is 0 Å². The number of rotatable bonds is 2. The van der Waals surface area contributed by atoms with Crippen molar-refractivity contribution in [3.05, 3.63) is 12.4 Å². The predicted octanol–water partition coefficient (Wildman–Crippen LogP) is 1.80. The van der Waals surface area contributed by atoms with Crippen molar-refractivity contribution in [2.75, 3.05) is 29.5 Å². The molecule has 2 heterocycles. The molecule has 1 aromatic rings. The Morgan fingerprint density at radius 2 is 1.76 bits per heavy atom. The first-order valence-corrected chi connectivity index (χ1v) is 7.24. The summed E-state index contributed by atoms with van der Waals surface area (Å²) in [6, 6.07) is 0. The maximum Gasteiger partial charge on any atom is 0.309 e. The molecule has 0 saturated carbocycles. The molecule has 0 atom stereocenters. The van der Waals surface area contributed by atoms with E-state index < -0.39 is 5.60 Å². The number of ether oxygens (including phenoxy) is 1. The van der Waals surface area contributed by atoms with Crippen LogP contribution in [0.3, 0.4) is 0 Å². The zero-order valence-corrected chi connectivity index (χ0v) is 12.9. The normalized spacial score (nSPS) is 16.8. The van der Waals surface area contributed by atoms with Gasteiger partial charge in [0.1, 0.15) is 5.60 Å². The molecule has 1 aromatic heterocycles. The zero-order chi connectivity index (χ0) is 15.6. The van der Waals surface area contributed by atoms with E-state index >= 15 is 0 Å². The molecule has 6 heteroatoms. The van der Waals surface area contributed by atoms with E-state index in [4.69, 9.17) is 16.2 Å². The number of piperidine rings is 1. The van der Waals surface area contributed by atoms with Gasteiger partial charge < -0.3 is 21.1 Å². The maximum atomic E-state index is 12.1. The van der Waals surface area contributed by atoms with Crippen LogP contribution in [-0.4, -0.2) is 29.6 Å². The van der Waals surface area contributed by atoms with E-state index in [0.29, 0.717) is 11.4 Å². The minimum absolute atomic E-state index is 0.0511. The molecule has 1 aliphatic heterocycles. The number of nitrogens with two attached hydrogens (primary N) is 2. The lowest BCUT2D eigenvalue weighted by atomic mass is 9.96. The molecular weight excluding hydrogens is 268 g/mol. The van der Waals surface area contributed by atoms with Crippen molar-refractivity contribution in [1.29, 1.82) is 0 Å². The van der Waals surface area contributed by atoms with E-state index in [0.717, 1.165) is 31.6 Å². The highest BCUT2D eigenvalue weighted by Gasteiger charge is 2.30. The molecule has 21 heavy (non-hydrogen) atoms. The van der Waals surface area contributed by atoms with Crippen molar-refractivity contribution in [2.45, 2.75) is 39.2 Å². The zero-order valence-electron chi connectivity index (χ0n) is 12.9. The first kappa shape index (κ1) is 15.4. The van der Waals surface area contributed by atoms with Crippen molar-refractivity contribution in [1.82, 2.24) is 4.98 Å². The van der Waals surface area contributed by atoms with Gasteiger partial charge in [-0.05, 0) is 33.6 Å². The predicted molar refractivity (Wildman–Crippen MR) is 83.8 cm³/mol. The molecule has 116 valence electrons. The Bertz CT molecular complexity index is 497. The van der Waals surface area contributed by atoms with Gasteiger partial charge in [0.15, 0.2) is 0 Å². The maximum absolute atomic E-state index is 12.1. The third-order valence-corrected chi connectivity index (χ3v) is 3.53. The summed E-state index contributed by atoms with van der Waals surface area (Å²) in [6.07, 6.45) is 4.70. The molecule has 0 unspecified atom stereocenters. The average molecular weight is 292 g/mol. The third kappa shape index (κ3) is 3.77. The van der Waals surface area contributed by atoms with E-state index in [-0.39, 0.29) is 11.9 Å². The molecule has 0 aliphatic carbocycles. The summed E-state index contributed by atoms with van der Waals surface area (Å²) in [5.41, 5.74) is 13.4. The lowest BCUT2D eigenvalue weighted by molar-refractivity contribution is -0.160. The van der Waals surface area contributed by atoms with Crippen molar-refractivity contribution in [2.24, 2.45) is 5.92 Å². The number of nitrogens with zero attached hydrogens (tertiary/aromatic N) is 2. The summed E-state index contributed by atoms with van der Waals surface area (Å²) >= 11 is 0. The summed E-state index contributed by atoms with van der Waals surface area (Å²) < 4.78 is 5.45. The van der Waals surface area contributed by atoms with Gasteiger partial charge in [0.2, 0.25) is 0 Å². The minimum atomic E-state index is -0.436. The summed E-state index contributed by atoms with van der Waals surface area (Å²) in [7, 11) is 0. The van der Waals surface area contributed by atoms with Crippen molar-refractivity contribution in [3.8, 4) is 0 Å². The summed E-state index contributed by atoms with van der Waals surface area (Å²) in [5, 5.41) is 0. The fourth-order valence-electron chi connectivity index (χ4n) is 2.58. The largest absolute Gasteiger partial charge is 0.460 e. The number of carbonyl (C=O) groups is 1. The van der Waals surface area contributed by atoms with E-state index in [1.807, 2.05) is 20.8 Å². The lowest BCUT2D eigenvalue weighted by Gasteiger charge is -2.34. The molecule has 1 fully saturated rings. The average Bonchev–Trinajstić information content (AvgIpc) is 2.37. The van der Waals surface area contributed by atoms with Crippen molar-refractivity contribution < 1.29 is 9.53 Å². The number of esters is 1. The van der Waals surface area contributed by atoms with Crippen LogP contribution in [-0.2, 0) is 9.53 Å². The van der Waals surface area contributed by atoms with Gasteiger partial charge >= 0.3 is 5.97 Å². The third-order valence-electron chi connectivity index (χ3n) is 3.53. The molecule has 0 spiro atoms. The summed E-state index contributed by atoms with van der Waals surface area (Å²) in [6.45, 7) is 7.14. The SMILES string of the molecule is CC(C)(C)OC(=O)C1CCN(c2c(N)cncc2N)CC1. The Balaban J connectivity index is 1.99. The number of hydrogen-bond donors (Lipinski definition) is 2. The monoisotopic (exact) mass is 292 g/mol. The minimum Gasteiger partial charge on any atom is -0.460 e. The second kappa shape index (κ2) is 5.79. The Morgan fingerprint density at radius 3 is 2.24 bits per heavy atom. The Morgan fingerprint density at radius 1 is 1.24 bits per heavy atom. The fourth-order valence-corrected chi connectivity index (χ4v) is 2.58. The van der Waals surface area contributed by atoms with Crippen LogP contribution in [0.5, 0.6) is 0 Å². The highest BCUT2D eigenvalue weighted by molar-refractivity contribution is 5.80. The fraction of sp³-hybridized carbons (Fsp3) is 0.600. The number of nitrogen functional groups attached to an aromatic ring is 2. The van der Waals surface area contributed by atoms with Crippen LogP contribution < -0.4 is 16.4 Å². The van der Waals surface area contributed by atoms with Crippen LogP contribution in [0.2, 0.25) is 0 Å². The Kier molecular flexibility index (Phi) is 4.25. The van der Waals surface area contributed by atoms with Gasteiger partial charge in [0.25, 0.3) is 0 Å². The van der Waals surface area contributed by atoms with Crippen LogP contribution in [0.1, 0.15) is 33.6 Å². The van der Waals surface area contributed by atoms with Crippen molar-refractivity contribution in [3.63, 3.8) is 0 Å². The van der Waals surface area contributed by atoms with Crippen LogP contribution in [0.15, 0.2) is 12.4 Å². The van der Waals surface area contributed by atoms with Crippen LogP contribution in [0.25, 0.3) is 0 Å². The number of pyridine rings is 1. The molecule has 2 rings (SSSR count). The van der Waals surface area contributed by atoms with Crippen LogP contribution in [0.4, 0.5) is 17.1 Å². The van der Waals surface area contributed by atoms with E-state index in [1.54, 1.807) is 12.4 Å². The van der Waals surface area contributed by atoms with Gasteiger partial charge in [-0.15, -0.1) is 0 Å². The molecule has 6 nitrogen and oxygen atoms in total. The molecule has 1 aliphatic rings. The lowest BCUT2D eigenvalue weighted by Crippen LogP contribution is -2.39. The molecular formula is C15H24N4O2. The first-order chi connectivity index (χ1) is 9.78. The van der Waals surface area contributed by atoms with Gasteiger partial charge in [-0.25, -0.2) is 0 Å². The number of anilines is 3. The van der Waals surface area contributed by atoms with Gasteiger partial charge in [0.05, 0.1) is 35.4 Å². The Labute approximate surface area is 125 Å². The van der Waals surface area contributed by atoms with Crippen LogP contribution in [0, 0.1) is 5.92 Å². The summed E-state index contributed by atoms with van der Waals surface area (Å²) in [5.74, 6) is -0.164. The van der Waals surface area contributed by atoms with E-state index in [2.05, 4.69) is 9.88 Å². The van der Waals surface area contributed by atoms with Gasteiger partial charge in [0, 0.05) is 13.1 Å². The molecule has 1 saturated heterocycles. The molecule has 0 aromatic carbocycles. The second-order valence-electron chi connectivity index (χ2n) is 6.46. The number of carbonyl (C=O) groups excluding carboxylic acids is 1. The number of hydrogen-bond acceptors (Lipinski definition) is 6.